The minimum absolute atomic E-state index is 0.201. The Morgan fingerprint density at radius 2 is 2.12 bits per heavy atom. The van der Waals surface area contributed by atoms with Crippen molar-refractivity contribution in [2.75, 3.05) is 33.4 Å². The molecule has 1 unspecified atom stereocenters. The van der Waals surface area contributed by atoms with Crippen LogP contribution in [0, 0.1) is 5.92 Å². The summed E-state index contributed by atoms with van der Waals surface area (Å²) >= 11 is 0. The lowest BCUT2D eigenvalue weighted by atomic mass is 10.1. The van der Waals surface area contributed by atoms with Crippen LogP contribution in [-0.4, -0.2) is 55.3 Å². The van der Waals surface area contributed by atoms with Crippen LogP contribution in [0.4, 0.5) is 0 Å². The van der Waals surface area contributed by atoms with Crippen LogP contribution in [0.5, 0.6) is 17.2 Å². The van der Waals surface area contributed by atoms with Gasteiger partial charge in [0.1, 0.15) is 13.2 Å². The van der Waals surface area contributed by atoms with E-state index in [1.807, 2.05) is 0 Å². The summed E-state index contributed by atoms with van der Waals surface area (Å²) in [6, 6.07) is 3.55. The maximum Gasteiger partial charge on any atom is 0.308 e. The van der Waals surface area contributed by atoms with E-state index in [-0.39, 0.29) is 12.5 Å². The molecule has 2 heterocycles. The standard InChI is InChI=1S/C17H19NO6/c1-22-13-8-11(9-14-16(13)24-7-6-23-14)2-3-15(19)18-5-4-12(10-18)17(20)21/h2-3,8-9,12H,4-7,10H2,1H3,(H,20,21)/b3-2+. The van der Waals surface area contributed by atoms with Gasteiger partial charge in [0.15, 0.2) is 11.5 Å². The van der Waals surface area contributed by atoms with Crippen molar-refractivity contribution < 1.29 is 28.9 Å². The summed E-state index contributed by atoms with van der Waals surface area (Å²) in [6.07, 6.45) is 3.60. The molecule has 0 aromatic heterocycles. The normalized spacial score (nSPS) is 19.5. The highest BCUT2D eigenvalue weighted by molar-refractivity contribution is 5.92. The Labute approximate surface area is 139 Å². The number of likely N-dealkylation sites (tertiary alicyclic amines) is 1. The average Bonchev–Trinajstić information content (AvgIpc) is 3.09. The third-order valence-electron chi connectivity index (χ3n) is 4.12. The Balaban J connectivity index is 1.72. The van der Waals surface area contributed by atoms with Gasteiger partial charge < -0.3 is 24.2 Å². The third kappa shape index (κ3) is 3.29. The molecule has 0 aliphatic carbocycles. The van der Waals surface area contributed by atoms with Crippen LogP contribution < -0.4 is 14.2 Å². The number of hydrogen-bond acceptors (Lipinski definition) is 5. The van der Waals surface area contributed by atoms with Crippen molar-refractivity contribution >= 4 is 18.0 Å². The second-order valence-corrected chi connectivity index (χ2v) is 5.69. The summed E-state index contributed by atoms with van der Waals surface area (Å²) in [5.41, 5.74) is 0.749. The molecule has 1 atom stereocenters. The highest BCUT2D eigenvalue weighted by Crippen LogP contribution is 2.40. The monoisotopic (exact) mass is 333 g/mol. The Bertz CT molecular complexity index is 667. The topological polar surface area (TPSA) is 85.3 Å². The number of carboxylic acids is 1. The Kier molecular flexibility index (Phi) is 4.59. The van der Waals surface area contributed by atoms with Crippen molar-refractivity contribution in [2.24, 2.45) is 5.92 Å². The first-order chi connectivity index (χ1) is 11.6. The molecule has 0 radical (unpaired) electrons. The van der Waals surface area contributed by atoms with E-state index in [1.165, 1.54) is 6.08 Å². The fourth-order valence-corrected chi connectivity index (χ4v) is 2.82. The zero-order chi connectivity index (χ0) is 17.1. The highest BCUT2D eigenvalue weighted by atomic mass is 16.6. The van der Waals surface area contributed by atoms with Crippen molar-refractivity contribution in [3.05, 3.63) is 23.8 Å². The van der Waals surface area contributed by atoms with E-state index in [0.717, 1.165) is 5.56 Å². The zero-order valence-electron chi connectivity index (χ0n) is 13.4. The Morgan fingerprint density at radius 1 is 1.33 bits per heavy atom. The first-order valence-corrected chi connectivity index (χ1v) is 7.76. The second kappa shape index (κ2) is 6.82. The molecular weight excluding hydrogens is 314 g/mol. The summed E-state index contributed by atoms with van der Waals surface area (Å²) < 4.78 is 16.4. The van der Waals surface area contributed by atoms with Crippen molar-refractivity contribution in [3.8, 4) is 17.2 Å². The molecule has 7 nitrogen and oxygen atoms in total. The Morgan fingerprint density at radius 3 is 2.83 bits per heavy atom. The van der Waals surface area contributed by atoms with E-state index in [4.69, 9.17) is 19.3 Å². The number of carbonyl (C=O) groups is 2. The summed E-state index contributed by atoms with van der Waals surface area (Å²) in [5, 5.41) is 9.00. The van der Waals surface area contributed by atoms with Gasteiger partial charge in [0, 0.05) is 19.2 Å². The lowest BCUT2D eigenvalue weighted by molar-refractivity contribution is -0.141. The summed E-state index contributed by atoms with van der Waals surface area (Å²) in [5.74, 6) is 0.164. The van der Waals surface area contributed by atoms with Crippen LogP contribution in [0.2, 0.25) is 0 Å². The number of benzene rings is 1. The maximum absolute atomic E-state index is 12.2. The molecule has 2 aliphatic rings. The van der Waals surface area contributed by atoms with Gasteiger partial charge in [-0.3, -0.25) is 9.59 Å². The number of nitrogens with zero attached hydrogens (tertiary/aromatic N) is 1. The van der Waals surface area contributed by atoms with E-state index in [9.17, 15) is 9.59 Å². The van der Waals surface area contributed by atoms with Gasteiger partial charge in [-0.1, -0.05) is 0 Å². The number of fused-ring (bicyclic) bond motifs is 1. The molecule has 1 saturated heterocycles. The molecule has 128 valence electrons. The van der Waals surface area contributed by atoms with Gasteiger partial charge in [-0.15, -0.1) is 0 Å². The molecule has 2 aliphatic heterocycles. The smallest absolute Gasteiger partial charge is 0.308 e. The van der Waals surface area contributed by atoms with Crippen molar-refractivity contribution in [3.63, 3.8) is 0 Å². The molecule has 1 aromatic carbocycles. The molecular formula is C17H19NO6. The molecule has 7 heteroatoms. The Hall–Kier alpha value is -2.70. The van der Waals surface area contributed by atoms with Gasteiger partial charge in [0.05, 0.1) is 13.0 Å². The molecule has 0 spiro atoms. The fraction of sp³-hybridized carbons (Fsp3) is 0.412. The van der Waals surface area contributed by atoms with E-state index in [1.54, 1.807) is 30.2 Å². The van der Waals surface area contributed by atoms with Crippen LogP contribution in [-0.2, 0) is 9.59 Å². The van der Waals surface area contributed by atoms with Crippen LogP contribution in [0.1, 0.15) is 12.0 Å². The number of ether oxygens (including phenoxy) is 3. The van der Waals surface area contributed by atoms with Crippen LogP contribution >= 0.6 is 0 Å². The molecule has 1 amide bonds. The summed E-state index contributed by atoms with van der Waals surface area (Å²) in [6.45, 7) is 1.65. The number of aliphatic carboxylic acids is 1. The number of carboxylic acid groups (broad SMARTS) is 1. The minimum atomic E-state index is -0.856. The van der Waals surface area contributed by atoms with E-state index in [0.29, 0.717) is 43.4 Å². The number of carbonyl (C=O) groups excluding carboxylic acids is 1. The predicted molar refractivity (Wildman–Crippen MR) is 85.3 cm³/mol. The first kappa shape index (κ1) is 16.2. The second-order valence-electron chi connectivity index (χ2n) is 5.69. The highest BCUT2D eigenvalue weighted by Gasteiger charge is 2.29. The first-order valence-electron chi connectivity index (χ1n) is 7.76. The predicted octanol–water partition coefficient (Wildman–Crippen LogP) is 1.41. The lowest BCUT2D eigenvalue weighted by Crippen LogP contribution is -2.28. The van der Waals surface area contributed by atoms with Gasteiger partial charge >= 0.3 is 5.97 Å². The molecule has 1 aromatic rings. The quantitative estimate of drug-likeness (QED) is 0.839. The largest absolute Gasteiger partial charge is 0.493 e. The van der Waals surface area contributed by atoms with E-state index in [2.05, 4.69) is 0 Å². The van der Waals surface area contributed by atoms with Crippen LogP contribution in [0.3, 0.4) is 0 Å². The number of methoxy groups -OCH3 is 1. The number of hydrogen-bond donors (Lipinski definition) is 1. The van der Waals surface area contributed by atoms with Crippen molar-refractivity contribution in [2.45, 2.75) is 6.42 Å². The SMILES string of the molecule is COc1cc(/C=C/C(=O)N2CCC(C(=O)O)C2)cc2c1OCCO2. The van der Waals surface area contributed by atoms with Crippen LogP contribution in [0.25, 0.3) is 6.08 Å². The van der Waals surface area contributed by atoms with Gasteiger partial charge in [0.2, 0.25) is 11.7 Å². The molecule has 1 fully saturated rings. The lowest BCUT2D eigenvalue weighted by Gasteiger charge is -2.21. The van der Waals surface area contributed by atoms with Gasteiger partial charge in [-0.25, -0.2) is 0 Å². The van der Waals surface area contributed by atoms with Crippen molar-refractivity contribution in [1.82, 2.24) is 4.90 Å². The maximum atomic E-state index is 12.2. The van der Waals surface area contributed by atoms with Crippen molar-refractivity contribution in [1.29, 1.82) is 0 Å². The number of amides is 1. The van der Waals surface area contributed by atoms with Gasteiger partial charge in [-0.05, 0) is 30.2 Å². The van der Waals surface area contributed by atoms with Gasteiger partial charge in [0.25, 0.3) is 0 Å². The summed E-state index contributed by atoms with van der Waals surface area (Å²) in [4.78, 5) is 24.7. The van der Waals surface area contributed by atoms with Gasteiger partial charge in [-0.2, -0.15) is 0 Å². The summed E-state index contributed by atoms with van der Waals surface area (Å²) in [7, 11) is 1.54. The van der Waals surface area contributed by atoms with E-state index < -0.39 is 11.9 Å². The molecule has 24 heavy (non-hydrogen) atoms. The van der Waals surface area contributed by atoms with Crippen LogP contribution in [0.15, 0.2) is 18.2 Å². The fourth-order valence-electron chi connectivity index (χ4n) is 2.82. The molecule has 0 bridgehead atoms. The average molecular weight is 333 g/mol. The zero-order valence-corrected chi connectivity index (χ0v) is 13.4. The molecule has 1 N–H and O–H groups in total. The van der Waals surface area contributed by atoms with E-state index >= 15 is 0 Å². The third-order valence-corrected chi connectivity index (χ3v) is 4.12. The minimum Gasteiger partial charge on any atom is -0.493 e. The number of rotatable bonds is 4. The molecule has 3 rings (SSSR count). The molecule has 0 saturated carbocycles.